The number of nitrogens with one attached hydrogen (secondary N) is 3. The number of hydrogen-bond donors (Lipinski definition) is 5. The summed E-state index contributed by atoms with van der Waals surface area (Å²) in [6.07, 6.45) is 1.22. The van der Waals surface area contributed by atoms with E-state index in [1.54, 1.807) is 0 Å². The van der Waals surface area contributed by atoms with Crippen LogP contribution < -0.4 is 10.6 Å². The second-order valence-electron chi connectivity index (χ2n) is 7.43. The van der Waals surface area contributed by atoms with Gasteiger partial charge in [-0.3, -0.25) is 9.69 Å². The first-order valence-electron chi connectivity index (χ1n) is 9.37. The number of aromatic amines is 1. The summed E-state index contributed by atoms with van der Waals surface area (Å²) < 4.78 is 5.91. The third kappa shape index (κ3) is 3.53. The van der Waals surface area contributed by atoms with Crippen molar-refractivity contribution in [2.75, 3.05) is 18.9 Å². The Morgan fingerprint density at radius 2 is 2.14 bits per heavy atom. The summed E-state index contributed by atoms with van der Waals surface area (Å²) in [6, 6.07) is -0.936. The fourth-order valence-electron chi connectivity index (χ4n) is 3.88. The molecule has 0 unspecified atom stereocenters. The Kier molecular flexibility index (Phi) is 5.15. The molecule has 0 aliphatic carbocycles. The minimum Gasteiger partial charge on any atom is -0.391 e. The SMILES string of the molecule is C[C@@H]1O[C@H](Nc2ncnc3nc[nH]c23)[C@@H](O)C[C@H]1NC(=O)[C@H]1[C@@H](O)CCN1C. The summed E-state index contributed by atoms with van der Waals surface area (Å²) >= 11 is 0. The highest BCUT2D eigenvalue weighted by Gasteiger charge is 2.40. The van der Waals surface area contributed by atoms with E-state index in [0.717, 1.165) is 0 Å². The molecule has 2 aliphatic heterocycles. The van der Waals surface area contributed by atoms with Crippen molar-refractivity contribution >= 4 is 22.9 Å². The van der Waals surface area contributed by atoms with E-state index >= 15 is 0 Å². The highest BCUT2D eigenvalue weighted by Crippen LogP contribution is 2.24. The summed E-state index contributed by atoms with van der Waals surface area (Å²) in [5, 5.41) is 26.6. The second-order valence-corrected chi connectivity index (χ2v) is 7.43. The molecule has 152 valence electrons. The van der Waals surface area contributed by atoms with Gasteiger partial charge in [-0.25, -0.2) is 15.0 Å². The average molecular weight is 391 g/mol. The van der Waals surface area contributed by atoms with Crippen LogP contribution in [0, 0.1) is 0 Å². The number of likely N-dealkylation sites (N-methyl/N-ethyl adjacent to an activating group) is 1. The first kappa shape index (κ1) is 19.0. The number of imidazole rings is 1. The van der Waals surface area contributed by atoms with Gasteiger partial charge in [0.15, 0.2) is 17.7 Å². The van der Waals surface area contributed by atoms with E-state index in [0.29, 0.717) is 36.4 Å². The molecule has 2 aromatic heterocycles. The zero-order valence-electron chi connectivity index (χ0n) is 15.7. The van der Waals surface area contributed by atoms with Crippen molar-refractivity contribution < 1.29 is 19.7 Å². The monoisotopic (exact) mass is 391 g/mol. The van der Waals surface area contributed by atoms with Crippen LogP contribution >= 0.6 is 0 Å². The number of nitrogens with zero attached hydrogens (tertiary/aromatic N) is 4. The lowest BCUT2D eigenvalue weighted by Crippen LogP contribution is -2.58. The first-order valence-corrected chi connectivity index (χ1v) is 9.37. The smallest absolute Gasteiger partial charge is 0.240 e. The minimum atomic E-state index is -0.860. The second kappa shape index (κ2) is 7.59. The first-order chi connectivity index (χ1) is 13.4. The van der Waals surface area contributed by atoms with Gasteiger partial charge >= 0.3 is 0 Å². The minimum absolute atomic E-state index is 0.249. The van der Waals surface area contributed by atoms with Gasteiger partial charge in [-0.15, -0.1) is 0 Å². The summed E-state index contributed by atoms with van der Waals surface area (Å²) in [6.45, 7) is 2.51. The largest absolute Gasteiger partial charge is 0.391 e. The Morgan fingerprint density at radius 3 is 2.89 bits per heavy atom. The third-order valence-corrected chi connectivity index (χ3v) is 5.49. The number of amides is 1. The van der Waals surface area contributed by atoms with Gasteiger partial charge < -0.3 is 30.6 Å². The fraction of sp³-hybridized carbons (Fsp3) is 0.647. The number of aliphatic hydroxyl groups excluding tert-OH is 2. The van der Waals surface area contributed by atoms with Crippen LogP contribution in [0.1, 0.15) is 19.8 Å². The number of anilines is 1. The lowest BCUT2D eigenvalue weighted by atomic mass is 9.98. The maximum atomic E-state index is 12.6. The summed E-state index contributed by atoms with van der Waals surface area (Å²) in [5.41, 5.74) is 1.14. The predicted octanol–water partition coefficient (Wildman–Crippen LogP) is -1.19. The van der Waals surface area contributed by atoms with E-state index in [9.17, 15) is 15.0 Å². The topological polar surface area (TPSA) is 149 Å². The number of aliphatic hydroxyl groups is 2. The van der Waals surface area contributed by atoms with Crippen molar-refractivity contribution in [2.45, 2.75) is 56.4 Å². The molecule has 2 saturated heterocycles. The zero-order chi connectivity index (χ0) is 19.8. The normalized spacial score (nSPS) is 33.9. The van der Waals surface area contributed by atoms with Crippen molar-refractivity contribution in [2.24, 2.45) is 0 Å². The Balaban J connectivity index is 1.40. The van der Waals surface area contributed by atoms with Gasteiger partial charge in [-0.1, -0.05) is 0 Å². The van der Waals surface area contributed by atoms with E-state index in [1.165, 1.54) is 12.7 Å². The molecule has 2 aliphatic rings. The molecule has 2 fully saturated rings. The zero-order valence-corrected chi connectivity index (χ0v) is 15.7. The molecule has 0 aromatic carbocycles. The lowest BCUT2D eigenvalue weighted by molar-refractivity contribution is -0.137. The Labute approximate surface area is 161 Å². The molecule has 6 atom stereocenters. The molecule has 11 heteroatoms. The number of carbonyl (C=O) groups is 1. The molecular formula is C17H25N7O4. The van der Waals surface area contributed by atoms with Crippen LogP contribution in [0.3, 0.4) is 0 Å². The molecule has 4 rings (SSSR count). The van der Waals surface area contributed by atoms with Gasteiger partial charge in [-0.2, -0.15) is 0 Å². The molecule has 1 amide bonds. The van der Waals surface area contributed by atoms with Crippen LogP contribution in [0.15, 0.2) is 12.7 Å². The van der Waals surface area contributed by atoms with E-state index in [2.05, 4.69) is 30.6 Å². The van der Waals surface area contributed by atoms with Crippen molar-refractivity contribution in [3.05, 3.63) is 12.7 Å². The van der Waals surface area contributed by atoms with E-state index < -0.39 is 24.5 Å². The molecule has 5 N–H and O–H groups in total. The van der Waals surface area contributed by atoms with Crippen molar-refractivity contribution in [1.29, 1.82) is 0 Å². The Hall–Kier alpha value is -2.34. The van der Waals surface area contributed by atoms with E-state index in [1.807, 2.05) is 18.9 Å². The van der Waals surface area contributed by atoms with Crippen molar-refractivity contribution in [1.82, 2.24) is 30.2 Å². The predicted molar refractivity (Wildman–Crippen MR) is 99.2 cm³/mol. The number of fused-ring (bicyclic) bond motifs is 1. The van der Waals surface area contributed by atoms with Crippen LogP contribution in [0.4, 0.5) is 5.82 Å². The van der Waals surface area contributed by atoms with Gasteiger partial charge in [0, 0.05) is 13.0 Å². The quantitative estimate of drug-likeness (QED) is 0.434. The maximum absolute atomic E-state index is 12.6. The Bertz CT molecular complexity index is 836. The van der Waals surface area contributed by atoms with Gasteiger partial charge in [0.1, 0.15) is 24.0 Å². The molecular weight excluding hydrogens is 366 g/mol. The highest BCUT2D eigenvalue weighted by molar-refractivity contribution is 5.83. The fourth-order valence-corrected chi connectivity index (χ4v) is 3.88. The number of aromatic nitrogens is 4. The van der Waals surface area contributed by atoms with Crippen LogP contribution in [0.5, 0.6) is 0 Å². The summed E-state index contributed by atoms with van der Waals surface area (Å²) in [7, 11) is 1.81. The Morgan fingerprint density at radius 1 is 1.32 bits per heavy atom. The van der Waals surface area contributed by atoms with Crippen LogP contribution in [0.25, 0.3) is 11.2 Å². The molecule has 2 aromatic rings. The average Bonchev–Trinajstić information content (AvgIpc) is 3.26. The van der Waals surface area contributed by atoms with Gasteiger partial charge in [-0.05, 0) is 20.4 Å². The molecule has 11 nitrogen and oxygen atoms in total. The molecule has 0 radical (unpaired) electrons. The lowest BCUT2D eigenvalue weighted by Gasteiger charge is -2.39. The molecule has 0 saturated carbocycles. The van der Waals surface area contributed by atoms with Crippen molar-refractivity contribution in [3.8, 4) is 0 Å². The number of hydrogen-bond acceptors (Lipinski definition) is 9. The number of rotatable bonds is 4. The van der Waals surface area contributed by atoms with E-state index in [4.69, 9.17) is 4.74 Å². The molecule has 0 spiro atoms. The number of H-pyrrole nitrogens is 1. The maximum Gasteiger partial charge on any atom is 0.240 e. The standard InChI is InChI=1S/C17H25N7O4/c1-8-9(22-16(27)13-10(25)3-4-24(13)2)5-11(26)17(28-8)23-15-12-14(19-6-18-12)20-7-21-15/h6-11,13,17,25-26H,3-5H2,1-2H3,(H,22,27)(H2,18,19,20,21,23)/t8-,9+,10-,11-,13+,17-/m0/s1. The number of ether oxygens (including phenoxy) is 1. The van der Waals surface area contributed by atoms with E-state index in [-0.39, 0.29) is 18.1 Å². The van der Waals surface area contributed by atoms with Crippen molar-refractivity contribution in [3.63, 3.8) is 0 Å². The summed E-state index contributed by atoms with van der Waals surface area (Å²) in [4.78, 5) is 29.7. The van der Waals surface area contributed by atoms with Gasteiger partial charge in [0.05, 0.1) is 24.6 Å². The molecule has 0 bridgehead atoms. The van der Waals surface area contributed by atoms with Crippen LogP contribution in [0.2, 0.25) is 0 Å². The van der Waals surface area contributed by atoms with Crippen LogP contribution in [-0.4, -0.2) is 91.2 Å². The van der Waals surface area contributed by atoms with Gasteiger partial charge in [0.2, 0.25) is 5.91 Å². The molecule has 4 heterocycles. The number of likely N-dealkylation sites (tertiary alicyclic amines) is 1. The van der Waals surface area contributed by atoms with Crippen LogP contribution in [-0.2, 0) is 9.53 Å². The van der Waals surface area contributed by atoms with Gasteiger partial charge in [0.25, 0.3) is 0 Å². The summed E-state index contributed by atoms with van der Waals surface area (Å²) in [5.74, 6) is 0.235. The number of carbonyl (C=O) groups excluding carboxylic acids is 1. The third-order valence-electron chi connectivity index (χ3n) is 5.49. The molecule has 28 heavy (non-hydrogen) atoms. The highest BCUT2D eigenvalue weighted by atomic mass is 16.5.